The lowest BCUT2D eigenvalue weighted by atomic mass is 9.64. The van der Waals surface area contributed by atoms with Crippen LogP contribution in [0.25, 0.3) is 38.6 Å². The highest BCUT2D eigenvalue weighted by molar-refractivity contribution is 7.91. The minimum absolute atomic E-state index is 0.335. The van der Waals surface area contributed by atoms with Crippen LogP contribution in [0.3, 0.4) is 0 Å². The minimum Gasteiger partial charge on any atom is -0.309 e. The number of sulfone groups is 1. The molecule has 0 unspecified atom stereocenters. The Morgan fingerprint density at radius 3 is 1.66 bits per heavy atom. The molecule has 0 N–H and O–H groups in total. The van der Waals surface area contributed by atoms with Crippen molar-refractivity contribution in [2.45, 2.75) is 15.2 Å². The summed E-state index contributed by atoms with van der Waals surface area (Å²) in [6, 6.07) is 59.4. The number of benzene rings is 7. The zero-order valence-electron chi connectivity index (χ0n) is 25.4. The van der Waals surface area contributed by atoms with Crippen LogP contribution >= 0.6 is 0 Å². The Kier molecular flexibility index (Phi) is 6.11. The zero-order chi connectivity index (χ0) is 31.6. The number of nitrogens with zero attached hydrogens (tertiary/aromatic N) is 1. The van der Waals surface area contributed by atoms with Gasteiger partial charge in [0.1, 0.15) is 0 Å². The van der Waals surface area contributed by atoms with Crippen LogP contribution in [0, 0.1) is 0 Å². The molecule has 3 nitrogen and oxygen atoms in total. The molecule has 1 aliphatic rings. The van der Waals surface area contributed by atoms with Crippen LogP contribution in [0.4, 0.5) is 0 Å². The second kappa shape index (κ2) is 10.4. The molecule has 4 heteroatoms. The van der Waals surface area contributed by atoms with E-state index in [1.807, 2.05) is 84.9 Å². The summed E-state index contributed by atoms with van der Waals surface area (Å²) in [4.78, 5) is 0.677. The van der Waals surface area contributed by atoms with E-state index in [4.69, 9.17) is 0 Å². The molecule has 0 radical (unpaired) electrons. The molecule has 9 rings (SSSR count). The van der Waals surface area contributed by atoms with Crippen molar-refractivity contribution in [3.05, 3.63) is 198 Å². The van der Waals surface area contributed by atoms with Gasteiger partial charge in [0.25, 0.3) is 0 Å². The molecule has 0 aliphatic carbocycles. The zero-order valence-corrected chi connectivity index (χ0v) is 26.2. The Bertz CT molecular complexity index is 2510. The van der Waals surface area contributed by atoms with Crippen molar-refractivity contribution in [3.8, 4) is 16.8 Å². The first-order chi connectivity index (χ1) is 23.1. The van der Waals surface area contributed by atoms with Gasteiger partial charge in [0, 0.05) is 16.5 Å². The first-order valence-corrected chi connectivity index (χ1v) is 17.3. The molecule has 1 aliphatic heterocycles. The van der Waals surface area contributed by atoms with E-state index in [0.717, 1.165) is 60.9 Å². The van der Waals surface area contributed by atoms with Gasteiger partial charge in [0.2, 0.25) is 9.84 Å². The van der Waals surface area contributed by atoms with Crippen molar-refractivity contribution in [1.82, 2.24) is 4.57 Å². The summed E-state index contributed by atoms with van der Waals surface area (Å²) in [5.74, 6) is 0. The second-order valence-electron chi connectivity index (χ2n) is 12.1. The molecule has 0 fully saturated rings. The van der Waals surface area contributed by atoms with Crippen LogP contribution in [0.2, 0.25) is 0 Å². The highest BCUT2D eigenvalue weighted by Gasteiger charge is 2.49. The third-order valence-corrected chi connectivity index (χ3v) is 11.5. The molecular formula is C43H29NO2S. The third-order valence-electron chi connectivity index (χ3n) is 9.69. The topological polar surface area (TPSA) is 39.1 Å². The maximum atomic E-state index is 14.7. The van der Waals surface area contributed by atoms with Crippen LogP contribution in [0.5, 0.6) is 0 Å². The molecule has 7 aromatic carbocycles. The van der Waals surface area contributed by atoms with Gasteiger partial charge in [-0.2, -0.15) is 0 Å². The Morgan fingerprint density at radius 1 is 0.426 bits per heavy atom. The van der Waals surface area contributed by atoms with E-state index in [1.165, 1.54) is 0 Å². The highest BCUT2D eigenvalue weighted by Crippen LogP contribution is 2.54. The number of para-hydroxylation sites is 1. The van der Waals surface area contributed by atoms with Gasteiger partial charge in [-0.15, -0.1) is 0 Å². The van der Waals surface area contributed by atoms with Gasteiger partial charge in [-0.05, 0) is 69.8 Å². The van der Waals surface area contributed by atoms with E-state index >= 15 is 0 Å². The van der Waals surface area contributed by atoms with Gasteiger partial charge in [0.05, 0.1) is 26.2 Å². The fourth-order valence-corrected chi connectivity index (χ4v) is 9.44. The molecule has 224 valence electrons. The molecule has 2 heterocycles. The van der Waals surface area contributed by atoms with Crippen molar-refractivity contribution >= 4 is 31.6 Å². The SMILES string of the molecule is O=S1(=O)c2ccccc2C(c2ccccc2)(c2ccccc2)c2cc3c4ccccc4n(-c4ccc(-c5ccccc5)cc4)c3cc21. The van der Waals surface area contributed by atoms with Crippen LogP contribution in [0.1, 0.15) is 22.3 Å². The van der Waals surface area contributed by atoms with Gasteiger partial charge in [-0.1, -0.05) is 140 Å². The summed E-state index contributed by atoms with van der Waals surface area (Å²) in [6.07, 6.45) is 0. The van der Waals surface area contributed by atoms with Gasteiger partial charge >= 0.3 is 0 Å². The Labute approximate surface area is 273 Å². The summed E-state index contributed by atoms with van der Waals surface area (Å²) in [5, 5.41) is 2.08. The van der Waals surface area contributed by atoms with E-state index in [1.54, 1.807) is 6.07 Å². The molecule has 0 saturated carbocycles. The standard InChI is InChI=1S/C43H29NO2S/c45-47(46)41-23-13-11-21-37(41)43(32-16-6-2-7-17-32,33-18-8-3-9-19-33)38-28-36-35-20-10-12-22-39(35)44(40(36)29-42(38)47)34-26-24-31(25-27-34)30-14-4-1-5-15-30/h1-29H. The first-order valence-electron chi connectivity index (χ1n) is 15.8. The predicted octanol–water partition coefficient (Wildman–Crippen LogP) is 9.98. The molecule has 1 aromatic heterocycles. The van der Waals surface area contributed by atoms with Gasteiger partial charge in [-0.25, -0.2) is 8.42 Å². The lowest BCUT2D eigenvalue weighted by molar-refractivity contribution is 0.579. The average Bonchev–Trinajstić information content (AvgIpc) is 3.46. The molecular weight excluding hydrogens is 595 g/mol. The summed E-state index contributed by atoms with van der Waals surface area (Å²) in [6.45, 7) is 0. The molecule has 8 aromatic rings. The smallest absolute Gasteiger partial charge is 0.207 e. The van der Waals surface area contributed by atoms with E-state index in [2.05, 4.69) is 89.5 Å². The lowest BCUT2D eigenvalue weighted by Gasteiger charge is -2.41. The highest BCUT2D eigenvalue weighted by atomic mass is 32.2. The summed E-state index contributed by atoms with van der Waals surface area (Å²) >= 11 is 0. The van der Waals surface area contributed by atoms with Crippen LogP contribution < -0.4 is 0 Å². The lowest BCUT2D eigenvalue weighted by Crippen LogP contribution is -2.37. The molecule has 0 amide bonds. The number of fused-ring (bicyclic) bond motifs is 5. The maximum Gasteiger partial charge on any atom is 0.207 e. The quantitative estimate of drug-likeness (QED) is 0.196. The maximum absolute atomic E-state index is 14.7. The average molecular weight is 624 g/mol. The summed E-state index contributed by atoms with van der Waals surface area (Å²) in [5.41, 5.74) is 7.86. The van der Waals surface area contributed by atoms with Crippen molar-refractivity contribution in [2.75, 3.05) is 0 Å². The van der Waals surface area contributed by atoms with Crippen LogP contribution in [0.15, 0.2) is 186 Å². The molecule has 47 heavy (non-hydrogen) atoms. The molecule has 0 bridgehead atoms. The minimum atomic E-state index is -3.87. The molecule has 0 atom stereocenters. The third kappa shape index (κ3) is 3.95. The summed E-state index contributed by atoms with van der Waals surface area (Å²) < 4.78 is 31.7. The number of rotatable bonds is 4. The van der Waals surface area contributed by atoms with Crippen LogP contribution in [-0.2, 0) is 15.3 Å². The predicted molar refractivity (Wildman–Crippen MR) is 190 cm³/mol. The number of hydrogen-bond acceptors (Lipinski definition) is 2. The summed E-state index contributed by atoms with van der Waals surface area (Å²) in [7, 11) is -3.87. The largest absolute Gasteiger partial charge is 0.309 e. The first kappa shape index (κ1) is 27.6. The normalized spacial score (nSPS) is 14.5. The number of hydrogen-bond donors (Lipinski definition) is 0. The molecule has 0 saturated heterocycles. The van der Waals surface area contributed by atoms with Crippen molar-refractivity contribution in [1.29, 1.82) is 0 Å². The monoisotopic (exact) mass is 623 g/mol. The van der Waals surface area contributed by atoms with Crippen molar-refractivity contribution in [3.63, 3.8) is 0 Å². The molecule has 0 spiro atoms. The Balaban J connectivity index is 1.41. The van der Waals surface area contributed by atoms with Crippen molar-refractivity contribution < 1.29 is 8.42 Å². The Morgan fingerprint density at radius 2 is 0.979 bits per heavy atom. The Hall–Kier alpha value is -5.71. The second-order valence-corrected chi connectivity index (χ2v) is 14.0. The van der Waals surface area contributed by atoms with E-state index in [0.29, 0.717) is 9.79 Å². The van der Waals surface area contributed by atoms with E-state index < -0.39 is 15.3 Å². The van der Waals surface area contributed by atoms with Crippen molar-refractivity contribution in [2.24, 2.45) is 0 Å². The van der Waals surface area contributed by atoms with Gasteiger partial charge < -0.3 is 4.57 Å². The van der Waals surface area contributed by atoms with Crippen LogP contribution in [-0.4, -0.2) is 13.0 Å². The van der Waals surface area contributed by atoms with Gasteiger partial charge in [-0.3, -0.25) is 0 Å². The fraction of sp³-hybridized carbons (Fsp3) is 0.0233. The van der Waals surface area contributed by atoms with E-state index in [9.17, 15) is 8.42 Å². The van der Waals surface area contributed by atoms with Gasteiger partial charge in [0.15, 0.2) is 0 Å². The van der Waals surface area contributed by atoms with E-state index in [-0.39, 0.29) is 0 Å². The number of aromatic nitrogens is 1. The fourth-order valence-electron chi connectivity index (χ4n) is 7.66.